The summed E-state index contributed by atoms with van der Waals surface area (Å²) in [5.41, 5.74) is 1.61. The maximum atomic E-state index is 12.2. The molecule has 2 heterocycles. The van der Waals surface area contributed by atoms with Crippen LogP contribution in [0, 0.1) is 11.8 Å². The monoisotopic (exact) mass is 778 g/mol. The van der Waals surface area contributed by atoms with Crippen molar-refractivity contribution < 1.29 is 47.7 Å². The van der Waals surface area contributed by atoms with Crippen LogP contribution in [-0.2, 0) is 31.9 Å². The third kappa shape index (κ3) is 15.1. The molecule has 16 nitrogen and oxygen atoms in total. The Hall–Kier alpha value is -5.80. The molecule has 4 N–H and O–H groups in total. The highest BCUT2D eigenvalue weighted by Crippen LogP contribution is 2.21. The number of hydrogen-bond acceptors (Lipinski definition) is 12. The van der Waals surface area contributed by atoms with Crippen LogP contribution in [0.15, 0.2) is 69.5 Å². The molecular weight excluding hydrogens is 724 g/mol. The number of alkyl carbamates (subject to hydrolysis) is 2. The van der Waals surface area contributed by atoms with Crippen LogP contribution in [0.4, 0.5) is 9.59 Å². The quantitative estimate of drug-likeness (QED) is 0.0688. The van der Waals surface area contributed by atoms with Gasteiger partial charge in [0.25, 0.3) is 0 Å². The number of carboxylic acid groups (broad SMARTS) is 2. The maximum absolute atomic E-state index is 12.2. The first-order valence-electron chi connectivity index (χ1n) is 19.0. The molecule has 2 amide bonds. The highest BCUT2D eigenvalue weighted by atomic mass is 16.6. The number of unbranched alkanes of at least 4 members (excludes halogenated alkanes) is 2. The average molecular weight is 779 g/mol. The number of rotatable bonds is 20. The van der Waals surface area contributed by atoms with Crippen molar-refractivity contribution in [3.05, 3.63) is 72.4 Å². The summed E-state index contributed by atoms with van der Waals surface area (Å²) < 4.78 is 22.3. The molecule has 0 bridgehead atoms. The predicted molar refractivity (Wildman–Crippen MR) is 205 cm³/mol. The van der Waals surface area contributed by atoms with Gasteiger partial charge in [0, 0.05) is 11.1 Å². The summed E-state index contributed by atoms with van der Waals surface area (Å²) in [5.74, 6) is -0.682. The van der Waals surface area contributed by atoms with Crippen LogP contribution < -0.4 is 10.6 Å². The van der Waals surface area contributed by atoms with Crippen LogP contribution >= 0.6 is 0 Å². The second kappa shape index (κ2) is 23.2. The number of benzene rings is 2. The fraction of sp³-hybridized carbons (Fsp3) is 0.500. The fourth-order valence-corrected chi connectivity index (χ4v) is 5.20. The molecular formula is C40H54N6O10. The van der Waals surface area contributed by atoms with Gasteiger partial charge in [0.1, 0.15) is 24.3 Å². The fourth-order valence-electron chi connectivity index (χ4n) is 5.20. The second-order valence-corrected chi connectivity index (χ2v) is 13.9. The Morgan fingerprint density at radius 2 is 0.964 bits per heavy atom. The van der Waals surface area contributed by atoms with Gasteiger partial charge in [-0.05, 0) is 48.9 Å². The highest BCUT2D eigenvalue weighted by molar-refractivity contribution is 5.80. The molecule has 0 fully saturated rings. The number of carboxylic acids is 2. The van der Waals surface area contributed by atoms with E-state index < -0.39 is 48.4 Å². The van der Waals surface area contributed by atoms with E-state index in [4.69, 9.17) is 18.3 Å². The zero-order valence-corrected chi connectivity index (χ0v) is 32.8. The van der Waals surface area contributed by atoms with Gasteiger partial charge in [-0.2, -0.15) is 0 Å². The molecule has 0 unspecified atom stereocenters. The summed E-state index contributed by atoms with van der Waals surface area (Å²) >= 11 is 0. The predicted octanol–water partition coefficient (Wildman–Crippen LogP) is 7.35. The van der Waals surface area contributed by atoms with Gasteiger partial charge in [0.05, 0.1) is 12.8 Å². The average Bonchev–Trinajstić information content (AvgIpc) is 3.85. The van der Waals surface area contributed by atoms with E-state index >= 15 is 0 Å². The largest absolute Gasteiger partial charge is 0.480 e. The van der Waals surface area contributed by atoms with Gasteiger partial charge in [-0.15, -0.1) is 20.4 Å². The highest BCUT2D eigenvalue weighted by Gasteiger charge is 2.27. The standard InChI is InChI=1S/2C20H27N3O5/c2*1-4-5-11-15(19(24)25)21-20(26)27-16(13(2)3)12-17-22-23-18(28-17)14-9-7-6-8-10-14/h2*6-10,13,15-16H,4-5,11-12H2,1-3H3,(H,21,26)(H,24,25)/t15-,16+;15-,16-/m00/s1. The maximum Gasteiger partial charge on any atom is 0.408 e. The van der Waals surface area contributed by atoms with Crippen LogP contribution in [0.5, 0.6) is 0 Å². The lowest BCUT2D eigenvalue weighted by Gasteiger charge is -2.22. The van der Waals surface area contributed by atoms with E-state index in [0.29, 0.717) is 49.2 Å². The Morgan fingerprint density at radius 3 is 1.27 bits per heavy atom. The van der Waals surface area contributed by atoms with Crippen molar-refractivity contribution in [3.63, 3.8) is 0 Å². The Kier molecular flexibility index (Phi) is 18.5. The minimum Gasteiger partial charge on any atom is -0.480 e. The van der Waals surface area contributed by atoms with Gasteiger partial charge in [-0.1, -0.05) is 104 Å². The molecule has 0 radical (unpaired) electrons. The molecule has 2 aromatic heterocycles. The summed E-state index contributed by atoms with van der Waals surface area (Å²) in [6.45, 7) is 11.5. The first kappa shape index (κ1) is 44.6. The van der Waals surface area contributed by atoms with Gasteiger partial charge in [-0.3, -0.25) is 0 Å². The van der Waals surface area contributed by atoms with Crippen molar-refractivity contribution in [2.24, 2.45) is 11.8 Å². The lowest BCUT2D eigenvalue weighted by molar-refractivity contribution is -0.140. The Morgan fingerprint density at radius 1 is 0.607 bits per heavy atom. The van der Waals surface area contributed by atoms with Crippen molar-refractivity contribution in [1.82, 2.24) is 31.0 Å². The van der Waals surface area contributed by atoms with Crippen molar-refractivity contribution in [2.45, 2.75) is 117 Å². The normalized spacial score (nSPS) is 13.1. The smallest absolute Gasteiger partial charge is 0.408 e. The van der Waals surface area contributed by atoms with E-state index in [1.165, 1.54) is 0 Å². The topological polar surface area (TPSA) is 229 Å². The Labute approximate surface area is 326 Å². The van der Waals surface area contributed by atoms with Gasteiger partial charge >= 0.3 is 24.1 Å². The molecule has 0 saturated heterocycles. The van der Waals surface area contributed by atoms with Crippen molar-refractivity contribution >= 4 is 24.1 Å². The Balaban J connectivity index is 0.000000300. The lowest BCUT2D eigenvalue weighted by Crippen LogP contribution is -2.43. The third-order valence-corrected chi connectivity index (χ3v) is 8.60. The molecule has 4 rings (SSSR count). The summed E-state index contributed by atoms with van der Waals surface area (Å²) in [6.07, 6.45) is 1.74. The summed E-state index contributed by atoms with van der Waals surface area (Å²) in [5, 5.41) is 39.4. The number of ether oxygens (including phenoxy) is 2. The van der Waals surface area contributed by atoms with Crippen LogP contribution in [-0.4, -0.2) is 79.0 Å². The van der Waals surface area contributed by atoms with E-state index in [0.717, 1.165) is 24.0 Å². The minimum absolute atomic E-state index is 0.0169. The van der Waals surface area contributed by atoms with Crippen molar-refractivity contribution in [2.75, 3.05) is 0 Å². The lowest BCUT2D eigenvalue weighted by atomic mass is 10.0. The first-order valence-corrected chi connectivity index (χ1v) is 19.0. The molecule has 4 atom stereocenters. The molecule has 0 aliphatic rings. The first-order chi connectivity index (χ1) is 26.8. The number of carbonyl (C=O) groups excluding carboxylic acids is 2. The molecule has 0 aliphatic heterocycles. The number of amides is 2. The van der Waals surface area contributed by atoms with E-state index in [1.807, 2.05) is 102 Å². The number of hydrogen-bond donors (Lipinski definition) is 4. The van der Waals surface area contributed by atoms with E-state index in [2.05, 4.69) is 31.0 Å². The zero-order chi connectivity index (χ0) is 41.0. The van der Waals surface area contributed by atoms with E-state index in [-0.39, 0.29) is 24.7 Å². The van der Waals surface area contributed by atoms with Gasteiger partial charge in [0.15, 0.2) is 0 Å². The molecule has 0 saturated carbocycles. The number of nitrogens with one attached hydrogen (secondary N) is 2. The molecule has 0 aliphatic carbocycles. The minimum atomic E-state index is -1.07. The Bertz CT molecular complexity index is 1650. The molecule has 304 valence electrons. The van der Waals surface area contributed by atoms with Crippen LogP contribution in [0.3, 0.4) is 0 Å². The van der Waals surface area contributed by atoms with Crippen molar-refractivity contribution in [1.29, 1.82) is 0 Å². The molecule has 56 heavy (non-hydrogen) atoms. The summed E-state index contributed by atoms with van der Waals surface area (Å²) in [7, 11) is 0. The number of carbonyl (C=O) groups is 4. The molecule has 0 spiro atoms. The van der Waals surface area contributed by atoms with E-state index in [1.54, 1.807) is 0 Å². The molecule has 2 aromatic carbocycles. The van der Waals surface area contributed by atoms with Crippen LogP contribution in [0.25, 0.3) is 22.9 Å². The number of nitrogens with zero attached hydrogens (tertiary/aromatic N) is 4. The van der Waals surface area contributed by atoms with Gasteiger partial charge in [-0.25, -0.2) is 19.2 Å². The molecule has 4 aromatic rings. The van der Waals surface area contributed by atoms with Crippen molar-refractivity contribution in [3.8, 4) is 22.9 Å². The third-order valence-electron chi connectivity index (χ3n) is 8.60. The van der Waals surface area contributed by atoms with Gasteiger partial charge < -0.3 is 39.2 Å². The number of aliphatic carboxylic acids is 2. The molecule has 16 heteroatoms. The van der Waals surface area contributed by atoms with Crippen LogP contribution in [0.2, 0.25) is 0 Å². The second-order valence-electron chi connectivity index (χ2n) is 13.9. The van der Waals surface area contributed by atoms with Gasteiger partial charge in [0.2, 0.25) is 23.6 Å². The van der Waals surface area contributed by atoms with Crippen LogP contribution in [0.1, 0.15) is 91.8 Å². The summed E-state index contributed by atoms with van der Waals surface area (Å²) in [6, 6.07) is 16.8. The van der Waals surface area contributed by atoms with E-state index in [9.17, 15) is 29.4 Å². The number of aromatic nitrogens is 4. The SMILES string of the molecule is CCCC[C@H](NC(=O)O[C@@H](Cc1nnc(-c2ccccc2)o1)C(C)C)C(=O)O.CCCC[C@H](NC(=O)O[C@H](Cc1nnc(-c2ccccc2)o1)C(C)C)C(=O)O. The zero-order valence-electron chi connectivity index (χ0n) is 32.8. The summed E-state index contributed by atoms with van der Waals surface area (Å²) in [4.78, 5) is 46.9.